The molecule has 0 amide bonds. The monoisotopic (exact) mass is 266 g/mol. The molecule has 4 heteroatoms. The van der Waals surface area contributed by atoms with Gasteiger partial charge in [0, 0.05) is 22.6 Å². The fourth-order valence-corrected chi connectivity index (χ4v) is 2.29. The highest BCUT2D eigenvalue weighted by Crippen LogP contribution is 2.14. The van der Waals surface area contributed by atoms with Crippen LogP contribution in [0.1, 0.15) is 16.9 Å². The van der Waals surface area contributed by atoms with E-state index in [1.807, 2.05) is 11.7 Å². The van der Waals surface area contributed by atoms with Crippen molar-refractivity contribution < 1.29 is 0 Å². The summed E-state index contributed by atoms with van der Waals surface area (Å²) < 4.78 is 0. The molecule has 17 heavy (non-hydrogen) atoms. The molecule has 1 aromatic carbocycles. The lowest BCUT2D eigenvalue weighted by atomic mass is 10.1. The maximum absolute atomic E-state index is 5.70. The SMILES string of the molecule is ClCCCc1cccc(NCc2cncs2)c1. The first kappa shape index (κ1) is 12.4. The van der Waals surface area contributed by atoms with Crippen LogP contribution in [0.2, 0.25) is 0 Å². The normalized spacial score (nSPS) is 10.4. The molecule has 90 valence electrons. The topological polar surface area (TPSA) is 24.9 Å². The van der Waals surface area contributed by atoms with Crippen LogP contribution < -0.4 is 5.32 Å². The van der Waals surface area contributed by atoms with E-state index >= 15 is 0 Å². The van der Waals surface area contributed by atoms with Gasteiger partial charge in [0.15, 0.2) is 0 Å². The lowest BCUT2D eigenvalue weighted by molar-refractivity contribution is 0.928. The summed E-state index contributed by atoms with van der Waals surface area (Å²) in [6.07, 6.45) is 3.97. The van der Waals surface area contributed by atoms with E-state index in [0.29, 0.717) is 0 Å². The Morgan fingerprint density at radius 2 is 2.29 bits per heavy atom. The van der Waals surface area contributed by atoms with Crippen molar-refractivity contribution in [2.45, 2.75) is 19.4 Å². The molecular formula is C13H15ClN2S. The predicted molar refractivity (Wildman–Crippen MR) is 74.9 cm³/mol. The van der Waals surface area contributed by atoms with Crippen LogP contribution >= 0.6 is 22.9 Å². The Bertz CT molecular complexity index is 442. The summed E-state index contributed by atoms with van der Waals surface area (Å²) >= 11 is 7.37. The second-order valence-electron chi connectivity index (χ2n) is 3.81. The summed E-state index contributed by atoms with van der Waals surface area (Å²) in [6.45, 7) is 0.837. The Morgan fingerprint density at radius 3 is 3.06 bits per heavy atom. The van der Waals surface area contributed by atoms with Gasteiger partial charge in [0.2, 0.25) is 0 Å². The van der Waals surface area contributed by atoms with Gasteiger partial charge in [0.1, 0.15) is 0 Å². The van der Waals surface area contributed by atoms with Crippen molar-refractivity contribution >= 4 is 28.6 Å². The van der Waals surface area contributed by atoms with Gasteiger partial charge in [-0.2, -0.15) is 0 Å². The van der Waals surface area contributed by atoms with Gasteiger partial charge in [0.05, 0.1) is 12.1 Å². The number of nitrogens with zero attached hydrogens (tertiary/aromatic N) is 1. The van der Waals surface area contributed by atoms with Crippen molar-refractivity contribution in [2.75, 3.05) is 11.2 Å². The molecule has 1 N–H and O–H groups in total. The average Bonchev–Trinajstić information content (AvgIpc) is 2.87. The van der Waals surface area contributed by atoms with Crippen LogP contribution in [0.4, 0.5) is 5.69 Å². The van der Waals surface area contributed by atoms with E-state index < -0.39 is 0 Å². The molecule has 0 radical (unpaired) electrons. The Hall–Kier alpha value is -1.06. The number of aryl methyl sites for hydroxylation is 1. The number of alkyl halides is 1. The molecule has 2 rings (SSSR count). The van der Waals surface area contributed by atoms with Gasteiger partial charge in [-0.15, -0.1) is 22.9 Å². The maximum atomic E-state index is 5.70. The number of halogens is 1. The molecule has 2 nitrogen and oxygen atoms in total. The molecule has 0 saturated carbocycles. The second-order valence-corrected chi connectivity index (χ2v) is 5.16. The lowest BCUT2D eigenvalue weighted by Gasteiger charge is -2.06. The van der Waals surface area contributed by atoms with E-state index in [1.54, 1.807) is 11.3 Å². The highest BCUT2D eigenvalue weighted by atomic mass is 35.5. The highest BCUT2D eigenvalue weighted by Gasteiger charge is 1.97. The minimum absolute atomic E-state index is 0.721. The quantitative estimate of drug-likeness (QED) is 0.802. The molecule has 1 aromatic heterocycles. The highest BCUT2D eigenvalue weighted by molar-refractivity contribution is 7.09. The van der Waals surface area contributed by atoms with Crippen LogP contribution in [0, 0.1) is 0 Å². The minimum atomic E-state index is 0.721. The molecule has 0 fully saturated rings. The van der Waals surface area contributed by atoms with E-state index in [-0.39, 0.29) is 0 Å². The zero-order valence-electron chi connectivity index (χ0n) is 9.53. The molecule has 0 aliphatic rings. The van der Waals surface area contributed by atoms with Crippen molar-refractivity contribution in [2.24, 2.45) is 0 Å². The third-order valence-electron chi connectivity index (χ3n) is 2.48. The summed E-state index contributed by atoms with van der Waals surface area (Å²) in [6, 6.07) is 8.50. The Labute approximate surface area is 111 Å². The van der Waals surface area contributed by atoms with E-state index in [9.17, 15) is 0 Å². The molecule has 0 bridgehead atoms. The van der Waals surface area contributed by atoms with Gasteiger partial charge in [-0.1, -0.05) is 12.1 Å². The van der Waals surface area contributed by atoms with Gasteiger partial charge in [-0.25, -0.2) is 0 Å². The Kier molecular flexibility index (Phi) is 4.83. The molecule has 0 saturated heterocycles. The van der Waals surface area contributed by atoms with Crippen molar-refractivity contribution in [3.8, 4) is 0 Å². The summed E-state index contributed by atoms with van der Waals surface area (Å²) in [4.78, 5) is 5.30. The standard InChI is InChI=1S/C13H15ClN2S/c14-6-2-4-11-3-1-5-12(7-11)16-9-13-8-15-10-17-13/h1,3,5,7-8,10,16H,2,4,6,9H2. The molecular weight excluding hydrogens is 252 g/mol. The average molecular weight is 267 g/mol. The molecule has 0 unspecified atom stereocenters. The van der Waals surface area contributed by atoms with Crippen molar-refractivity contribution in [1.29, 1.82) is 0 Å². The number of benzene rings is 1. The van der Waals surface area contributed by atoms with Gasteiger partial charge in [-0.05, 0) is 30.5 Å². The van der Waals surface area contributed by atoms with Crippen LogP contribution in [-0.4, -0.2) is 10.9 Å². The zero-order chi connectivity index (χ0) is 11.9. The number of anilines is 1. The Morgan fingerprint density at radius 1 is 1.35 bits per heavy atom. The summed E-state index contributed by atoms with van der Waals surface area (Å²) in [5, 5.41) is 3.40. The van der Waals surface area contributed by atoms with Gasteiger partial charge in [0.25, 0.3) is 0 Å². The number of thiazole rings is 1. The second kappa shape index (κ2) is 6.62. The van der Waals surface area contributed by atoms with E-state index in [0.717, 1.165) is 31.0 Å². The van der Waals surface area contributed by atoms with Crippen LogP contribution in [0.15, 0.2) is 36.0 Å². The molecule has 1 heterocycles. The maximum Gasteiger partial charge on any atom is 0.0794 e. The van der Waals surface area contributed by atoms with E-state index in [2.05, 4.69) is 34.6 Å². The predicted octanol–water partition coefficient (Wildman–Crippen LogP) is 3.93. The van der Waals surface area contributed by atoms with Crippen molar-refractivity contribution in [3.63, 3.8) is 0 Å². The number of hydrogen-bond acceptors (Lipinski definition) is 3. The van der Waals surface area contributed by atoms with E-state index in [4.69, 9.17) is 11.6 Å². The fourth-order valence-electron chi connectivity index (χ4n) is 1.63. The number of rotatable bonds is 6. The molecule has 0 atom stereocenters. The largest absolute Gasteiger partial charge is 0.380 e. The van der Waals surface area contributed by atoms with Gasteiger partial charge in [-0.3, -0.25) is 4.98 Å². The van der Waals surface area contributed by atoms with Crippen LogP contribution in [-0.2, 0) is 13.0 Å². The lowest BCUT2D eigenvalue weighted by Crippen LogP contribution is -1.98. The summed E-state index contributed by atoms with van der Waals surface area (Å²) in [5.41, 5.74) is 4.35. The molecule has 0 aliphatic carbocycles. The number of hydrogen-bond donors (Lipinski definition) is 1. The minimum Gasteiger partial charge on any atom is -0.380 e. The Balaban J connectivity index is 1.91. The first-order chi connectivity index (χ1) is 8.38. The fraction of sp³-hybridized carbons (Fsp3) is 0.308. The van der Waals surface area contributed by atoms with Crippen LogP contribution in [0.5, 0.6) is 0 Å². The smallest absolute Gasteiger partial charge is 0.0794 e. The third kappa shape index (κ3) is 4.02. The first-order valence-corrected chi connectivity index (χ1v) is 7.06. The van der Waals surface area contributed by atoms with Gasteiger partial charge < -0.3 is 5.32 Å². The van der Waals surface area contributed by atoms with Crippen LogP contribution in [0.3, 0.4) is 0 Å². The summed E-state index contributed by atoms with van der Waals surface area (Å²) in [7, 11) is 0. The summed E-state index contributed by atoms with van der Waals surface area (Å²) in [5.74, 6) is 0.721. The molecule has 2 aromatic rings. The first-order valence-electron chi connectivity index (χ1n) is 5.64. The third-order valence-corrected chi connectivity index (χ3v) is 3.52. The van der Waals surface area contributed by atoms with Crippen LogP contribution in [0.25, 0.3) is 0 Å². The van der Waals surface area contributed by atoms with E-state index in [1.165, 1.54) is 10.4 Å². The van der Waals surface area contributed by atoms with Gasteiger partial charge >= 0.3 is 0 Å². The van der Waals surface area contributed by atoms with Crippen molar-refractivity contribution in [3.05, 3.63) is 46.4 Å². The number of aromatic nitrogens is 1. The zero-order valence-corrected chi connectivity index (χ0v) is 11.1. The molecule has 0 aliphatic heterocycles. The number of nitrogens with one attached hydrogen (secondary N) is 1. The van der Waals surface area contributed by atoms with Crippen molar-refractivity contribution in [1.82, 2.24) is 4.98 Å². The molecule has 0 spiro atoms.